The maximum atomic E-state index is 11.8. The van der Waals surface area contributed by atoms with Crippen LogP contribution >= 0.6 is 0 Å². The number of nitrogens with one attached hydrogen (secondary N) is 1. The van der Waals surface area contributed by atoms with Crippen LogP contribution in [0.4, 0.5) is 5.69 Å². The Balaban J connectivity index is 2.50. The van der Waals surface area contributed by atoms with Crippen LogP contribution in [-0.2, 0) is 4.74 Å². The van der Waals surface area contributed by atoms with Crippen molar-refractivity contribution in [3.05, 3.63) is 52.1 Å². The number of benzene rings is 1. The molecule has 0 bridgehead atoms. The fraction of sp³-hybridized carbons (Fsp3) is 0.308. The number of carbonyl (C=O) groups is 1. The van der Waals surface area contributed by atoms with Gasteiger partial charge >= 0.3 is 0 Å². The number of nitro benzene ring substituents is 1. The van der Waals surface area contributed by atoms with Gasteiger partial charge in [-0.15, -0.1) is 0 Å². The minimum Gasteiger partial charge on any atom is -0.375 e. The number of para-hydroxylation sites is 1. The predicted octanol–water partition coefficient (Wildman–Crippen LogP) is 1.92. The number of hydrogen-bond donors (Lipinski definition) is 1. The second-order valence-corrected chi connectivity index (χ2v) is 4.04. The highest BCUT2D eigenvalue weighted by molar-refractivity contribution is 5.98. The van der Waals surface area contributed by atoms with E-state index in [0.29, 0.717) is 13.2 Å². The van der Waals surface area contributed by atoms with Gasteiger partial charge < -0.3 is 10.1 Å². The summed E-state index contributed by atoms with van der Waals surface area (Å²) in [5.74, 6) is -0.480. The van der Waals surface area contributed by atoms with Crippen molar-refractivity contribution in [2.24, 2.45) is 0 Å². The summed E-state index contributed by atoms with van der Waals surface area (Å²) in [6, 6.07) is 5.82. The third kappa shape index (κ3) is 4.89. The van der Waals surface area contributed by atoms with Crippen LogP contribution in [0.25, 0.3) is 0 Å². The lowest BCUT2D eigenvalue weighted by molar-refractivity contribution is -0.385. The highest BCUT2D eigenvalue weighted by Crippen LogP contribution is 2.16. The van der Waals surface area contributed by atoms with Crippen molar-refractivity contribution < 1.29 is 14.5 Å². The van der Waals surface area contributed by atoms with Gasteiger partial charge in [-0.05, 0) is 13.0 Å². The number of nitrogens with zero attached hydrogens (tertiary/aromatic N) is 1. The molecule has 1 N–H and O–H groups in total. The maximum absolute atomic E-state index is 11.8. The first-order valence-electron chi connectivity index (χ1n) is 5.76. The molecule has 0 fully saturated rings. The molecule has 0 saturated heterocycles. The Labute approximate surface area is 111 Å². The summed E-state index contributed by atoms with van der Waals surface area (Å²) in [7, 11) is 0. The van der Waals surface area contributed by atoms with E-state index >= 15 is 0 Å². The smallest absolute Gasteiger partial charge is 0.282 e. The van der Waals surface area contributed by atoms with Gasteiger partial charge in [-0.2, -0.15) is 0 Å². The third-order valence-corrected chi connectivity index (χ3v) is 2.23. The average molecular weight is 264 g/mol. The molecule has 6 heteroatoms. The minimum absolute atomic E-state index is 0.0485. The number of hydrogen-bond acceptors (Lipinski definition) is 4. The van der Waals surface area contributed by atoms with Crippen LogP contribution < -0.4 is 5.32 Å². The van der Waals surface area contributed by atoms with Crippen molar-refractivity contribution in [1.29, 1.82) is 0 Å². The summed E-state index contributed by atoms with van der Waals surface area (Å²) in [6.07, 6.45) is 0. The quantitative estimate of drug-likeness (QED) is 0.353. The van der Waals surface area contributed by atoms with Gasteiger partial charge in [-0.25, -0.2) is 0 Å². The molecule has 0 aliphatic heterocycles. The van der Waals surface area contributed by atoms with Crippen LogP contribution in [0.15, 0.2) is 36.4 Å². The Hall–Kier alpha value is -2.21. The van der Waals surface area contributed by atoms with E-state index in [2.05, 4.69) is 11.9 Å². The topological polar surface area (TPSA) is 81.5 Å². The monoisotopic (exact) mass is 264 g/mol. The molecule has 0 aromatic heterocycles. The molecule has 19 heavy (non-hydrogen) atoms. The molecule has 0 heterocycles. The standard InChI is InChI=1S/C13H16N2O4/c1-10(2)9-19-8-7-14-13(16)11-5-3-4-6-12(11)15(17)18/h3-6H,1,7-9H2,2H3,(H,14,16). The van der Waals surface area contributed by atoms with E-state index in [4.69, 9.17) is 4.74 Å². The predicted molar refractivity (Wildman–Crippen MR) is 71.1 cm³/mol. The molecule has 0 unspecified atom stereocenters. The van der Waals surface area contributed by atoms with Crippen LogP contribution in [0, 0.1) is 10.1 Å². The van der Waals surface area contributed by atoms with E-state index in [0.717, 1.165) is 5.57 Å². The SMILES string of the molecule is C=C(C)COCCNC(=O)c1ccccc1[N+](=O)[O-]. The number of nitro groups is 1. The van der Waals surface area contributed by atoms with E-state index in [1.807, 2.05) is 6.92 Å². The molecule has 1 aromatic carbocycles. The van der Waals surface area contributed by atoms with Crippen LogP contribution in [0.1, 0.15) is 17.3 Å². The summed E-state index contributed by atoms with van der Waals surface area (Å²) >= 11 is 0. The van der Waals surface area contributed by atoms with Crippen LogP contribution in [-0.4, -0.2) is 30.6 Å². The first-order valence-corrected chi connectivity index (χ1v) is 5.76. The van der Waals surface area contributed by atoms with Crippen molar-refractivity contribution in [3.63, 3.8) is 0 Å². The van der Waals surface area contributed by atoms with Crippen LogP contribution in [0.5, 0.6) is 0 Å². The van der Waals surface area contributed by atoms with E-state index in [1.54, 1.807) is 6.07 Å². The van der Waals surface area contributed by atoms with Crippen LogP contribution in [0.2, 0.25) is 0 Å². The molecule has 0 aliphatic rings. The summed E-state index contributed by atoms with van der Waals surface area (Å²) in [4.78, 5) is 22.0. The van der Waals surface area contributed by atoms with E-state index < -0.39 is 10.8 Å². The Morgan fingerprint density at radius 3 is 2.79 bits per heavy atom. The number of rotatable bonds is 7. The largest absolute Gasteiger partial charge is 0.375 e. The zero-order chi connectivity index (χ0) is 14.3. The molecule has 0 saturated carbocycles. The second kappa shape index (κ2) is 7.27. The molecule has 1 rings (SSSR count). The lowest BCUT2D eigenvalue weighted by Gasteiger charge is -2.06. The molecule has 6 nitrogen and oxygen atoms in total. The van der Waals surface area contributed by atoms with Crippen molar-refractivity contribution >= 4 is 11.6 Å². The maximum Gasteiger partial charge on any atom is 0.282 e. The first kappa shape index (κ1) is 14.8. The zero-order valence-electron chi connectivity index (χ0n) is 10.7. The number of ether oxygens (including phenoxy) is 1. The molecule has 0 aliphatic carbocycles. The molecule has 1 amide bonds. The second-order valence-electron chi connectivity index (χ2n) is 4.04. The fourth-order valence-corrected chi connectivity index (χ4v) is 1.40. The van der Waals surface area contributed by atoms with Gasteiger partial charge in [0.05, 0.1) is 18.1 Å². The fourth-order valence-electron chi connectivity index (χ4n) is 1.40. The number of amides is 1. The lowest BCUT2D eigenvalue weighted by Crippen LogP contribution is -2.28. The van der Waals surface area contributed by atoms with Crippen molar-refractivity contribution in [1.82, 2.24) is 5.32 Å². The normalized spacial score (nSPS) is 9.95. The minimum atomic E-state index is -0.577. The van der Waals surface area contributed by atoms with Gasteiger partial charge in [0.1, 0.15) is 5.56 Å². The van der Waals surface area contributed by atoms with Gasteiger partial charge in [-0.3, -0.25) is 14.9 Å². The molecule has 0 spiro atoms. The highest BCUT2D eigenvalue weighted by Gasteiger charge is 2.18. The summed E-state index contributed by atoms with van der Waals surface area (Å²) < 4.78 is 5.21. The Bertz CT molecular complexity index is 485. The summed E-state index contributed by atoms with van der Waals surface area (Å²) in [5, 5.41) is 13.3. The molecule has 0 atom stereocenters. The first-order chi connectivity index (χ1) is 9.02. The van der Waals surface area contributed by atoms with Gasteiger partial charge in [0.15, 0.2) is 0 Å². The van der Waals surface area contributed by atoms with E-state index in [-0.39, 0.29) is 17.8 Å². The van der Waals surface area contributed by atoms with E-state index in [9.17, 15) is 14.9 Å². The molecule has 1 aromatic rings. The highest BCUT2D eigenvalue weighted by atomic mass is 16.6. The van der Waals surface area contributed by atoms with Crippen molar-refractivity contribution in [2.45, 2.75) is 6.92 Å². The zero-order valence-corrected chi connectivity index (χ0v) is 10.7. The van der Waals surface area contributed by atoms with Gasteiger partial charge in [-0.1, -0.05) is 24.3 Å². The Morgan fingerprint density at radius 2 is 2.16 bits per heavy atom. The molecular formula is C13H16N2O4. The number of carbonyl (C=O) groups excluding carboxylic acids is 1. The van der Waals surface area contributed by atoms with E-state index in [1.165, 1.54) is 18.2 Å². The molecule has 0 radical (unpaired) electrons. The van der Waals surface area contributed by atoms with Crippen LogP contribution in [0.3, 0.4) is 0 Å². The van der Waals surface area contributed by atoms with Gasteiger partial charge in [0.25, 0.3) is 11.6 Å². The van der Waals surface area contributed by atoms with Gasteiger partial charge in [0, 0.05) is 12.6 Å². The summed E-state index contributed by atoms with van der Waals surface area (Å²) in [6.45, 7) is 6.57. The van der Waals surface area contributed by atoms with Crippen molar-refractivity contribution in [3.8, 4) is 0 Å². The Kier molecular flexibility index (Phi) is 5.69. The third-order valence-electron chi connectivity index (χ3n) is 2.23. The summed E-state index contributed by atoms with van der Waals surface area (Å²) in [5.41, 5.74) is 0.736. The average Bonchev–Trinajstić information content (AvgIpc) is 2.37. The lowest BCUT2D eigenvalue weighted by atomic mass is 10.1. The van der Waals surface area contributed by atoms with Crippen molar-refractivity contribution in [2.75, 3.05) is 19.8 Å². The van der Waals surface area contributed by atoms with Gasteiger partial charge in [0.2, 0.25) is 0 Å². The Morgan fingerprint density at radius 1 is 1.47 bits per heavy atom. The molecule has 102 valence electrons. The molecular weight excluding hydrogens is 248 g/mol.